The Morgan fingerprint density at radius 1 is 1.43 bits per heavy atom. The minimum absolute atomic E-state index is 0.388. The van der Waals surface area contributed by atoms with Crippen LogP contribution in [0.3, 0.4) is 0 Å². The lowest BCUT2D eigenvalue weighted by atomic mass is 10.1. The zero-order valence-electron chi connectivity index (χ0n) is 12.6. The van der Waals surface area contributed by atoms with E-state index in [9.17, 15) is 0 Å². The van der Waals surface area contributed by atoms with Crippen LogP contribution in [0.25, 0.3) is 21.9 Å². The first-order valence-electron chi connectivity index (χ1n) is 7.49. The number of nitrogens with one attached hydrogen (secondary N) is 2. The molecule has 0 aromatic carbocycles. The van der Waals surface area contributed by atoms with Gasteiger partial charge in [-0.2, -0.15) is 5.26 Å². The molecule has 0 aliphatic carbocycles. The van der Waals surface area contributed by atoms with E-state index in [4.69, 9.17) is 16.9 Å². The van der Waals surface area contributed by atoms with Gasteiger partial charge in [0.1, 0.15) is 17.4 Å². The second-order valence-corrected chi connectivity index (χ2v) is 6.16. The van der Waals surface area contributed by atoms with Gasteiger partial charge in [-0.3, -0.25) is 0 Å². The Labute approximate surface area is 138 Å². The van der Waals surface area contributed by atoms with Crippen LogP contribution in [-0.4, -0.2) is 41.1 Å². The summed E-state index contributed by atoms with van der Waals surface area (Å²) in [5, 5.41) is 15.0. The number of rotatable bonds is 2. The van der Waals surface area contributed by atoms with Crippen molar-refractivity contribution in [2.45, 2.75) is 12.5 Å². The molecule has 116 valence electrons. The predicted molar refractivity (Wildman–Crippen MR) is 90.8 cm³/mol. The van der Waals surface area contributed by atoms with Gasteiger partial charge in [-0.05, 0) is 19.5 Å². The Hall–Kier alpha value is -2.36. The first-order valence-corrected chi connectivity index (χ1v) is 7.87. The maximum Gasteiger partial charge on any atom is 0.141 e. The lowest BCUT2D eigenvalue weighted by Gasteiger charge is -2.21. The molecule has 2 N–H and O–H groups in total. The molecule has 0 amide bonds. The number of likely N-dealkylation sites (N-methyl/N-ethyl adjacent to an activating group) is 1. The molecule has 4 rings (SSSR count). The number of halogens is 1. The van der Waals surface area contributed by atoms with Crippen LogP contribution in [0.4, 0.5) is 5.69 Å². The number of fused-ring (bicyclic) bond motifs is 3. The monoisotopic (exact) mass is 326 g/mol. The van der Waals surface area contributed by atoms with Crippen molar-refractivity contribution < 1.29 is 0 Å². The summed E-state index contributed by atoms with van der Waals surface area (Å²) in [4.78, 5) is 14.1. The summed E-state index contributed by atoms with van der Waals surface area (Å²) in [6.07, 6.45) is 4.43. The number of hydrogen-bond donors (Lipinski definition) is 2. The Morgan fingerprint density at radius 2 is 2.30 bits per heavy atom. The maximum atomic E-state index is 9.13. The molecule has 3 aromatic rings. The van der Waals surface area contributed by atoms with Gasteiger partial charge in [0.2, 0.25) is 0 Å². The molecule has 7 heteroatoms. The summed E-state index contributed by atoms with van der Waals surface area (Å²) in [6, 6.07) is 4.34. The van der Waals surface area contributed by atoms with E-state index in [1.807, 2.05) is 7.05 Å². The third-order valence-electron chi connectivity index (χ3n) is 4.46. The molecule has 1 fully saturated rings. The van der Waals surface area contributed by atoms with Crippen LogP contribution in [0.1, 0.15) is 12.1 Å². The number of nitriles is 1. The van der Waals surface area contributed by atoms with Crippen molar-refractivity contribution >= 4 is 39.2 Å². The van der Waals surface area contributed by atoms with Gasteiger partial charge in [0.05, 0.1) is 34.0 Å². The molecule has 4 heterocycles. The fourth-order valence-corrected chi connectivity index (χ4v) is 3.55. The number of anilines is 1. The fraction of sp³-hybridized carbons (Fsp3) is 0.312. The summed E-state index contributed by atoms with van der Waals surface area (Å²) in [5.74, 6) is 0. The van der Waals surface area contributed by atoms with Crippen molar-refractivity contribution in [2.24, 2.45) is 0 Å². The van der Waals surface area contributed by atoms with E-state index in [-0.39, 0.29) is 0 Å². The van der Waals surface area contributed by atoms with E-state index in [1.165, 1.54) is 0 Å². The van der Waals surface area contributed by atoms with Gasteiger partial charge in [0.25, 0.3) is 0 Å². The van der Waals surface area contributed by atoms with E-state index in [0.717, 1.165) is 47.1 Å². The van der Waals surface area contributed by atoms with Crippen molar-refractivity contribution in [1.82, 2.24) is 20.3 Å². The number of aromatic amines is 1. The molecule has 1 aliphatic rings. The van der Waals surface area contributed by atoms with Crippen molar-refractivity contribution in [1.29, 1.82) is 5.26 Å². The number of H-pyrrole nitrogens is 1. The zero-order chi connectivity index (χ0) is 16.0. The third kappa shape index (κ3) is 2.21. The second-order valence-electron chi connectivity index (χ2n) is 5.75. The summed E-state index contributed by atoms with van der Waals surface area (Å²) < 4.78 is 0. The standard InChI is InChI=1S/C16H15ClN6/c1-19-9-2-3-23(8-9)15-12(17)6-21-16-14(15)11-4-10(5-18)20-7-13(11)22-16/h4,6-7,9,19H,2-3,8H2,1H3,(H,21,22). The van der Waals surface area contributed by atoms with Crippen LogP contribution in [-0.2, 0) is 0 Å². The highest BCUT2D eigenvalue weighted by Crippen LogP contribution is 2.39. The molecule has 0 spiro atoms. The average Bonchev–Trinajstić information content (AvgIpc) is 3.18. The van der Waals surface area contributed by atoms with Gasteiger partial charge in [-0.15, -0.1) is 0 Å². The van der Waals surface area contributed by atoms with Gasteiger partial charge in [-0.25, -0.2) is 9.97 Å². The highest BCUT2D eigenvalue weighted by Gasteiger charge is 2.26. The normalized spacial score (nSPS) is 18.0. The molecule has 23 heavy (non-hydrogen) atoms. The minimum atomic E-state index is 0.388. The zero-order valence-corrected chi connectivity index (χ0v) is 13.4. The van der Waals surface area contributed by atoms with E-state index in [0.29, 0.717) is 16.8 Å². The largest absolute Gasteiger partial charge is 0.368 e. The predicted octanol–water partition coefficient (Wildman–Crippen LogP) is 2.43. The Balaban J connectivity index is 1.98. The van der Waals surface area contributed by atoms with Crippen molar-refractivity contribution in [3.8, 4) is 6.07 Å². The van der Waals surface area contributed by atoms with Crippen molar-refractivity contribution in [2.75, 3.05) is 25.0 Å². The van der Waals surface area contributed by atoms with Crippen LogP contribution in [0.2, 0.25) is 5.02 Å². The van der Waals surface area contributed by atoms with Gasteiger partial charge < -0.3 is 15.2 Å². The minimum Gasteiger partial charge on any atom is -0.368 e. The van der Waals surface area contributed by atoms with Crippen LogP contribution in [0.5, 0.6) is 0 Å². The number of pyridine rings is 2. The summed E-state index contributed by atoms with van der Waals surface area (Å²) >= 11 is 6.49. The highest BCUT2D eigenvalue weighted by atomic mass is 35.5. The molecule has 0 bridgehead atoms. The highest BCUT2D eigenvalue weighted by molar-refractivity contribution is 6.35. The Morgan fingerprint density at radius 3 is 3.04 bits per heavy atom. The number of nitrogens with zero attached hydrogens (tertiary/aromatic N) is 4. The van der Waals surface area contributed by atoms with E-state index in [2.05, 4.69) is 31.2 Å². The summed E-state index contributed by atoms with van der Waals surface area (Å²) in [7, 11) is 1.98. The third-order valence-corrected chi connectivity index (χ3v) is 4.74. The smallest absolute Gasteiger partial charge is 0.141 e. The number of aromatic nitrogens is 3. The van der Waals surface area contributed by atoms with Crippen molar-refractivity contribution in [3.63, 3.8) is 0 Å². The van der Waals surface area contributed by atoms with Crippen molar-refractivity contribution in [3.05, 3.63) is 29.2 Å². The number of hydrogen-bond acceptors (Lipinski definition) is 5. The lowest BCUT2D eigenvalue weighted by molar-refractivity contribution is 0.617. The Bertz CT molecular complexity index is 941. The molecular weight excluding hydrogens is 312 g/mol. The van der Waals surface area contributed by atoms with Crippen LogP contribution in [0, 0.1) is 11.3 Å². The molecule has 3 aromatic heterocycles. The SMILES string of the molecule is CNC1CCN(c2c(Cl)cnc3[nH]c4cnc(C#N)cc4c23)C1. The molecule has 0 radical (unpaired) electrons. The molecule has 1 atom stereocenters. The average molecular weight is 327 g/mol. The molecule has 1 aliphatic heterocycles. The van der Waals surface area contributed by atoms with Gasteiger partial charge >= 0.3 is 0 Å². The maximum absolute atomic E-state index is 9.13. The van der Waals surface area contributed by atoms with E-state index in [1.54, 1.807) is 18.5 Å². The fourth-order valence-electron chi connectivity index (χ4n) is 3.29. The van der Waals surface area contributed by atoms with Gasteiger partial charge in [0.15, 0.2) is 0 Å². The topological polar surface area (TPSA) is 80.6 Å². The summed E-state index contributed by atoms with van der Waals surface area (Å²) in [5.41, 5.74) is 3.00. The first kappa shape index (κ1) is 14.2. The molecule has 1 unspecified atom stereocenters. The van der Waals surface area contributed by atoms with E-state index >= 15 is 0 Å². The Kier molecular flexibility index (Phi) is 3.33. The first-order chi connectivity index (χ1) is 11.2. The lowest BCUT2D eigenvalue weighted by Crippen LogP contribution is -2.29. The quantitative estimate of drug-likeness (QED) is 0.756. The van der Waals surface area contributed by atoms with Gasteiger partial charge in [-0.1, -0.05) is 11.6 Å². The molecule has 6 nitrogen and oxygen atoms in total. The van der Waals surface area contributed by atoms with Crippen LogP contribution < -0.4 is 10.2 Å². The van der Waals surface area contributed by atoms with Crippen LogP contribution >= 0.6 is 11.6 Å². The second kappa shape index (κ2) is 5.37. The van der Waals surface area contributed by atoms with Crippen LogP contribution in [0.15, 0.2) is 18.5 Å². The van der Waals surface area contributed by atoms with Gasteiger partial charge in [0, 0.05) is 24.5 Å². The van der Waals surface area contributed by atoms with E-state index < -0.39 is 0 Å². The summed E-state index contributed by atoms with van der Waals surface area (Å²) in [6.45, 7) is 1.84. The molecular formula is C16H15ClN6. The molecule has 1 saturated heterocycles. The molecule has 0 saturated carbocycles.